The van der Waals surface area contributed by atoms with Crippen molar-refractivity contribution < 1.29 is 17.9 Å². The zero-order valence-electron chi connectivity index (χ0n) is 18.8. The first-order chi connectivity index (χ1) is 15.2. The number of carbonyl (C=O) groups excluding carboxylic acids is 1. The van der Waals surface area contributed by atoms with Gasteiger partial charge in [0.15, 0.2) is 0 Å². The molecule has 1 aliphatic rings. The fourth-order valence-electron chi connectivity index (χ4n) is 4.15. The maximum Gasteiger partial charge on any atom is 0.223 e. The first-order valence-electron chi connectivity index (χ1n) is 10.9. The van der Waals surface area contributed by atoms with Crippen LogP contribution in [0.4, 0.5) is 0 Å². The molecule has 1 amide bonds. The number of hydrogen-bond donors (Lipinski definition) is 1. The lowest BCUT2D eigenvalue weighted by Gasteiger charge is -2.31. The molecule has 1 unspecified atom stereocenters. The van der Waals surface area contributed by atoms with Gasteiger partial charge in [-0.1, -0.05) is 47.1 Å². The van der Waals surface area contributed by atoms with Gasteiger partial charge in [0.05, 0.1) is 18.9 Å². The first kappa shape index (κ1) is 24.7. The number of sulfonamides is 1. The van der Waals surface area contributed by atoms with Crippen molar-refractivity contribution in [2.75, 3.05) is 20.2 Å². The highest BCUT2D eigenvalue weighted by molar-refractivity contribution is 9.10. The molecule has 0 spiro atoms. The third kappa shape index (κ3) is 6.11. The molecule has 1 saturated heterocycles. The summed E-state index contributed by atoms with van der Waals surface area (Å²) in [4.78, 5) is 12.9. The van der Waals surface area contributed by atoms with Crippen molar-refractivity contribution in [1.82, 2.24) is 9.62 Å². The molecule has 0 aromatic heterocycles. The van der Waals surface area contributed by atoms with Crippen molar-refractivity contribution in [3.05, 3.63) is 63.6 Å². The van der Waals surface area contributed by atoms with E-state index in [9.17, 15) is 13.2 Å². The van der Waals surface area contributed by atoms with Gasteiger partial charge in [-0.3, -0.25) is 4.79 Å². The third-order valence-corrected chi connectivity index (χ3v) is 8.35. The molecule has 0 bridgehead atoms. The summed E-state index contributed by atoms with van der Waals surface area (Å²) in [5.41, 5.74) is 2.83. The van der Waals surface area contributed by atoms with Gasteiger partial charge in [-0.15, -0.1) is 0 Å². The van der Waals surface area contributed by atoms with E-state index in [1.54, 1.807) is 7.11 Å². The lowest BCUT2D eigenvalue weighted by Crippen LogP contribution is -2.44. The van der Waals surface area contributed by atoms with Crippen molar-refractivity contribution in [3.63, 3.8) is 0 Å². The predicted octanol–water partition coefficient (Wildman–Crippen LogP) is 4.58. The number of hydrogen-bond acceptors (Lipinski definition) is 4. The summed E-state index contributed by atoms with van der Waals surface area (Å²) in [7, 11) is -1.77. The van der Waals surface area contributed by atoms with Gasteiger partial charge in [-0.25, -0.2) is 12.7 Å². The molecule has 0 radical (unpaired) electrons. The molecule has 174 valence electrons. The van der Waals surface area contributed by atoms with Crippen molar-refractivity contribution in [2.45, 2.75) is 44.9 Å². The van der Waals surface area contributed by atoms with Crippen LogP contribution >= 0.6 is 15.9 Å². The average molecular weight is 523 g/mol. The number of rotatable bonds is 8. The summed E-state index contributed by atoms with van der Waals surface area (Å²) >= 11 is 3.38. The largest absolute Gasteiger partial charge is 0.496 e. The van der Waals surface area contributed by atoms with Crippen LogP contribution in [0.1, 0.15) is 48.9 Å². The van der Waals surface area contributed by atoms with E-state index < -0.39 is 10.0 Å². The zero-order chi connectivity index (χ0) is 23.3. The van der Waals surface area contributed by atoms with E-state index in [1.165, 1.54) is 4.31 Å². The van der Waals surface area contributed by atoms with Crippen LogP contribution in [0.5, 0.6) is 5.75 Å². The molecule has 0 saturated carbocycles. The minimum Gasteiger partial charge on any atom is -0.496 e. The SMILES string of the molecule is CCC(NC(=O)C1CCN(S(=O)(=O)Cc2cccc(Br)c2)CC1)c1ccc(OC)c(C)c1. The van der Waals surface area contributed by atoms with Gasteiger partial charge in [0.1, 0.15) is 5.75 Å². The standard InChI is InChI=1S/C24H31BrN2O4S/c1-4-22(20-8-9-23(31-3)17(2)14-20)26-24(28)19-10-12-27(13-11-19)32(29,30)16-18-6-5-7-21(25)15-18/h5-9,14-15,19,22H,4,10-13,16H2,1-3H3,(H,26,28). The Hall–Kier alpha value is -1.90. The van der Waals surface area contributed by atoms with Gasteiger partial charge >= 0.3 is 0 Å². The number of aryl methyl sites for hydroxylation is 1. The molecule has 1 N–H and O–H groups in total. The van der Waals surface area contributed by atoms with E-state index in [4.69, 9.17) is 4.74 Å². The highest BCUT2D eigenvalue weighted by atomic mass is 79.9. The number of piperidine rings is 1. The summed E-state index contributed by atoms with van der Waals surface area (Å²) in [5, 5.41) is 3.16. The van der Waals surface area contributed by atoms with Crippen LogP contribution in [0.25, 0.3) is 0 Å². The zero-order valence-corrected chi connectivity index (χ0v) is 21.2. The van der Waals surface area contributed by atoms with Gasteiger partial charge in [-0.05, 0) is 61.1 Å². The van der Waals surface area contributed by atoms with Gasteiger partial charge in [0.25, 0.3) is 0 Å². The van der Waals surface area contributed by atoms with E-state index in [2.05, 4.69) is 21.2 Å². The number of nitrogens with zero attached hydrogens (tertiary/aromatic N) is 1. The minimum absolute atomic E-state index is 0.00522. The van der Waals surface area contributed by atoms with Gasteiger partial charge < -0.3 is 10.1 Å². The Morgan fingerprint density at radius 3 is 2.53 bits per heavy atom. The first-order valence-corrected chi connectivity index (χ1v) is 13.3. The molecular weight excluding hydrogens is 492 g/mol. The molecule has 32 heavy (non-hydrogen) atoms. The summed E-state index contributed by atoms with van der Waals surface area (Å²) in [5.74, 6) is 0.610. The summed E-state index contributed by atoms with van der Waals surface area (Å²) in [6.45, 7) is 4.77. The number of methoxy groups -OCH3 is 1. The average Bonchev–Trinajstić information content (AvgIpc) is 2.77. The van der Waals surface area contributed by atoms with Crippen LogP contribution in [-0.4, -0.2) is 38.8 Å². The van der Waals surface area contributed by atoms with Crippen LogP contribution < -0.4 is 10.1 Å². The van der Waals surface area contributed by atoms with Crippen LogP contribution in [-0.2, 0) is 20.6 Å². The molecule has 0 aliphatic carbocycles. The molecule has 3 rings (SSSR count). The van der Waals surface area contributed by atoms with Crippen LogP contribution in [0.3, 0.4) is 0 Å². The normalized spacial score (nSPS) is 16.5. The van der Waals surface area contributed by atoms with Crippen molar-refractivity contribution in [3.8, 4) is 5.75 Å². The van der Waals surface area contributed by atoms with Crippen LogP contribution in [0.2, 0.25) is 0 Å². The molecule has 2 aromatic rings. The number of nitrogens with one attached hydrogen (secondary N) is 1. The van der Waals surface area contributed by atoms with Crippen LogP contribution in [0.15, 0.2) is 46.9 Å². The van der Waals surface area contributed by atoms with Gasteiger partial charge in [-0.2, -0.15) is 0 Å². The quantitative estimate of drug-likeness (QED) is 0.550. The molecule has 1 atom stereocenters. The Morgan fingerprint density at radius 2 is 1.94 bits per heavy atom. The molecule has 1 heterocycles. The highest BCUT2D eigenvalue weighted by Gasteiger charge is 2.32. The number of amides is 1. The van der Waals surface area contributed by atoms with E-state index >= 15 is 0 Å². The number of ether oxygens (including phenoxy) is 1. The maximum atomic E-state index is 12.9. The van der Waals surface area contributed by atoms with E-state index in [-0.39, 0.29) is 23.6 Å². The lowest BCUT2D eigenvalue weighted by molar-refractivity contribution is -0.126. The maximum absolute atomic E-state index is 12.9. The second-order valence-electron chi connectivity index (χ2n) is 8.26. The van der Waals surface area contributed by atoms with Crippen molar-refractivity contribution >= 4 is 31.9 Å². The second-order valence-corrected chi connectivity index (χ2v) is 11.1. The van der Waals surface area contributed by atoms with E-state index in [0.717, 1.165) is 33.3 Å². The summed E-state index contributed by atoms with van der Waals surface area (Å²) in [6.07, 6.45) is 1.83. The van der Waals surface area contributed by atoms with E-state index in [0.29, 0.717) is 25.9 Å². The summed E-state index contributed by atoms with van der Waals surface area (Å²) < 4.78 is 33.4. The molecular formula is C24H31BrN2O4S. The summed E-state index contributed by atoms with van der Waals surface area (Å²) in [6, 6.07) is 13.2. The number of benzene rings is 2. The lowest BCUT2D eigenvalue weighted by atomic mass is 9.95. The molecule has 1 aliphatic heterocycles. The monoisotopic (exact) mass is 522 g/mol. The number of halogens is 1. The Labute approximate surface area is 199 Å². The second kappa shape index (κ2) is 10.8. The van der Waals surface area contributed by atoms with E-state index in [1.807, 2.05) is 56.3 Å². The minimum atomic E-state index is -3.42. The smallest absolute Gasteiger partial charge is 0.223 e. The van der Waals surface area contributed by atoms with Crippen LogP contribution in [0, 0.1) is 12.8 Å². The molecule has 6 nitrogen and oxygen atoms in total. The highest BCUT2D eigenvalue weighted by Crippen LogP contribution is 2.27. The molecule has 1 fully saturated rings. The predicted molar refractivity (Wildman–Crippen MR) is 130 cm³/mol. The number of carbonyl (C=O) groups is 1. The Bertz CT molecular complexity index is 1050. The Morgan fingerprint density at radius 1 is 1.22 bits per heavy atom. The van der Waals surface area contributed by atoms with Gasteiger partial charge in [0, 0.05) is 23.5 Å². The van der Waals surface area contributed by atoms with Gasteiger partial charge in [0.2, 0.25) is 15.9 Å². The van der Waals surface area contributed by atoms with Crippen molar-refractivity contribution in [1.29, 1.82) is 0 Å². The third-order valence-electron chi connectivity index (χ3n) is 6.00. The Kier molecular flexibility index (Phi) is 8.36. The fraction of sp³-hybridized carbons (Fsp3) is 0.458. The Balaban J connectivity index is 1.58. The fourth-order valence-corrected chi connectivity index (χ4v) is 6.15. The van der Waals surface area contributed by atoms with Crippen molar-refractivity contribution in [2.24, 2.45) is 5.92 Å². The topological polar surface area (TPSA) is 75.7 Å². The molecule has 2 aromatic carbocycles. The molecule has 8 heteroatoms.